The number of carbonyl (C=O) groups excluding carboxylic acids is 1. The monoisotopic (exact) mass is 384 g/mol. The molecule has 1 atom stereocenters. The lowest BCUT2D eigenvalue weighted by atomic mass is 10.1. The molecule has 7 nitrogen and oxygen atoms in total. The molecular formula is C22H20N6O. The maximum absolute atomic E-state index is 12.5. The smallest absolute Gasteiger partial charge is 0.257 e. The highest BCUT2D eigenvalue weighted by atomic mass is 16.1. The van der Waals surface area contributed by atoms with Crippen molar-refractivity contribution in [2.75, 3.05) is 10.6 Å². The van der Waals surface area contributed by atoms with Crippen LogP contribution in [0.4, 0.5) is 11.5 Å². The van der Waals surface area contributed by atoms with E-state index in [0.717, 1.165) is 16.6 Å². The summed E-state index contributed by atoms with van der Waals surface area (Å²) in [4.78, 5) is 29.7. The third-order valence-corrected chi connectivity index (χ3v) is 4.46. The molecule has 2 N–H and O–H groups in total. The Hall–Kier alpha value is -3.87. The lowest BCUT2D eigenvalue weighted by molar-refractivity contribution is 0.102. The molecule has 4 rings (SSSR count). The minimum atomic E-state index is -0.189. The summed E-state index contributed by atoms with van der Waals surface area (Å²) in [5.74, 6) is 0.453. The summed E-state index contributed by atoms with van der Waals surface area (Å²) in [5.41, 5.74) is 4.54. The molecule has 0 unspecified atom stereocenters. The molecule has 1 amide bonds. The lowest BCUT2D eigenvalue weighted by Gasteiger charge is -2.16. The SMILES string of the molecule is Cc1cncc(C(=O)Nc2cccc([C@H](C)Nc3cnc4cccnc4n3)c2)c1. The molecule has 0 saturated heterocycles. The first-order valence-corrected chi connectivity index (χ1v) is 9.26. The summed E-state index contributed by atoms with van der Waals surface area (Å²) in [6.45, 7) is 3.93. The van der Waals surface area contributed by atoms with Crippen molar-refractivity contribution in [1.29, 1.82) is 0 Å². The van der Waals surface area contributed by atoms with E-state index in [1.807, 2.05) is 56.3 Å². The highest BCUT2D eigenvalue weighted by Crippen LogP contribution is 2.22. The molecular weight excluding hydrogens is 364 g/mol. The zero-order valence-electron chi connectivity index (χ0n) is 16.1. The maximum atomic E-state index is 12.5. The van der Waals surface area contributed by atoms with Gasteiger partial charge in [-0.1, -0.05) is 12.1 Å². The first kappa shape index (κ1) is 18.5. The summed E-state index contributed by atoms with van der Waals surface area (Å²) < 4.78 is 0. The second-order valence-corrected chi connectivity index (χ2v) is 6.80. The van der Waals surface area contributed by atoms with Crippen molar-refractivity contribution in [2.45, 2.75) is 19.9 Å². The van der Waals surface area contributed by atoms with Gasteiger partial charge in [-0.15, -0.1) is 0 Å². The van der Waals surface area contributed by atoms with Crippen LogP contribution in [0.15, 0.2) is 67.3 Å². The number of rotatable bonds is 5. The zero-order chi connectivity index (χ0) is 20.2. The van der Waals surface area contributed by atoms with Crippen LogP contribution in [0.1, 0.15) is 34.5 Å². The average molecular weight is 384 g/mol. The van der Waals surface area contributed by atoms with E-state index in [1.54, 1.807) is 24.8 Å². The van der Waals surface area contributed by atoms with Gasteiger partial charge in [0.05, 0.1) is 17.8 Å². The number of carbonyl (C=O) groups is 1. The van der Waals surface area contributed by atoms with Gasteiger partial charge >= 0.3 is 0 Å². The molecule has 0 spiro atoms. The number of nitrogens with one attached hydrogen (secondary N) is 2. The van der Waals surface area contributed by atoms with E-state index in [2.05, 4.69) is 30.6 Å². The summed E-state index contributed by atoms with van der Waals surface area (Å²) in [6.07, 6.45) is 6.66. The fourth-order valence-electron chi connectivity index (χ4n) is 2.99. The Morgan fingerprint density at radius 1 is 1.03 bits per heavy atom. The molecule has 1 aromatic carbocycles. The fraction of sp³-hybridized carbons (Fsp3) is 0.136. The number of hydrogen-bond acceptors (Lipinski definition) is 6. The molecule has 0 radical (unpaired) electrons. The molecule has 29 heavy (non-hydrogen) atoms. The number of hydrogen-bond donors (Lipinski definition) is 2. The van der Waals surface area contributed by atoms with E-state index in [0.29, 0.717) is 22.7 Å². The summed E-state index contributed by atoms with van der Waals surface area (Å²) in [6, 6.07) is 13.2. The number of fused-ring (bicyclic) bond motifs is 1. The quantitative estimate of drug-likeness (QED) is 0.537. The zero-order valence-corrected chi connectivity index (χ0v) is 16.1. The van der Waals surface area contributed by atoms with Gasteiger partial charge in [-0.25, -0.2) is 15.0 Å². The van der Waals surface area contributed by atoms with E-state index in [-0.39, 0.29) is 11.9 Å². The van der Waals surface area contributed by atoms with Crippen LogP contribution in [0.3, 0.4) is 0 Å². The Morgan fingerprint density at radius 2 is 1.93 bits per heavy atom. The molecule has 7 heteroatoms. The minimum absolute atomic E-state index is 0.0389. The van der Waals surface area contributed by atoms with Crippen molar-refractivity contribution in [1.82, 2.24) is 19.9 Å². The van der Waals surface area contributed by atoms with Crippen molar-refractivity contribution < 1.29 is 4.79 Å². The van der Waals surface area contributed by atoms with Gasteiger partial charge < -0.3 is 10.6 Å². The van der Waals surface area contributed by atoms with Gasteiger partial charge in [-0.3, -0.25) is 9.78 Å². The standard InChI is InChI=1S/C22H20N6O/c1-14-9-17(12-23-11-14)22(29)27-18-6-3-5-16(10-18)15(2)26-20-13-25-19-7-4-8-24-21(19)28-20/h3-13,15H,1-2H3,(H,27,29)(H,24,26,28)/t15-/m0/s1. The molecule has 4 aromatic rings. The Kier molecular flexibility index (Phi) is 5.11. The van der Waals surface area contributed by atoms with Gasteiger partial charge in [0.1, 0.15) is 11.3 Å². The van der Waals surface area contributed by atoms with Crippen molar-refractivity contribution in [3.05, 3.63) is 83.9 Å². The molecule has 0 fully saturated rings. The van der Waals surface area contributed by atoms with E-state index in [4.69, 9.17) is 0 Å². The van der Waals surface area contributed by atoms with Crippen LogP contribution in [0.25, 0.3) is 11.2 Å². The maximum Gasteiger partial charge on any atom is 0.257 e. The predicted octanol–water partition coefficient (Wildman–Crippen LogP) is 4.15. The number of anilines is 2. The van der Waals surface area contributed by atoms with E-state index < -0.39 is 0 Å². The Bertz CT molecular complexity index is 1180. The average Bonchev–Trinajstić information content (AvgIpc) is 2.74. The molecule has 0 aliphatic heterocycles. The van der Waals surface area contributed by atoms with Crippen LogP contribution < -0.4 is 10.6 Å². The minimum Gasteiger partial charge on any atom is -0.362 e. The van der Waals surface area contributed by atoms with Gasteiger partial charge in [-0.2, -0.15) is 0 Å². The van der Waals surface area contributed by atoms with Gasteiger partial charge in [0.2, 0.25) is 0 Å². The molecule has 0 saturated carbocycles. The van der Waals surface area contributed by atoms with Crippen LogP contribution in [0.2, 0.25) is 0 Å². The highest BCUT2D eigenvalue weighted by Gasteiger charge is 2.11. The Morgan fingerprint density at radius 3 is 2.79 bits per heavy atom. The third-order valence-electron chi connectivity index (χ3n) is 4.46. The van der Waals surface area contributed by atoms with Crippen molar-refractivity contribution in [3.8, 4) is 0 Å². The van der Waals surface area contributed by atoms with Crippen LogP contribution in [0, 0.1) is 6.92 Å². The number of aryl methyl sites for hydroxylation is 1. The van der Waals surface area contributed by atoms with Crippen LogP contribution in [-0.2, 0) is 0 Å². The van der Waals surface area contributed by atoms with Crippen molar-refractivity contribution in [2.24, 2.45) is 0 Å². The molecule has 0 bridgehead atoms. The molecule has 3 heterocycles. The van der Waals surface area contributed by atoms with Gasteiger partial charge in [0.15, 0.2) is 5.65 Å². The normalized spacial score (nSPS) is 11.8. The molecule has 0 aliphatic carbocycles. The van der Waals surface area contributed by atoms with Crippen LogP contribution in [0.5, 0.6) is 0 Å². The fourth-order valence-corrected chi connectivity index (χ4v) is 2.99. The van der Waals surface area contributed by atoms with Crippen molar-refractivity contribution >= 4 is 28.6 Å². The Balaban J connectivity index is 1.49. The summed E-state index contributed by atoms with van der Waals surface area (Å²) >= 11 is 0. The van der Waals surface area contributed by atoms with Gasteiger partial charge in [0, 0.05) is 24.3 Å². The van der Waals surface area contributed by atoms with E-state index in [1.165, 1.54) is 0 Å². The van der Waals surface area contributed by atoms with Crippen LogP contribution in [-0.4, -0.2) is 25.8 Å². The molecule has 3 aromatic heterocycles. The van der Waals surface area contributed by atoms with Gasteiger partial charge in [0.25, 0.3) is 5.91 Å². The number of amides is 1. The largest absolute Gasteiger partial charge is 0.362 e. The topological polar surface area (TPSA) is 92.7 Å². The summed E-state index contributed by atoms with van der Waals surface area (Å²) in [7, 11) is 0. The second kappa shape index (κ2) is 8.02. The second-order valence-electron chi connectivity index (χ2n) is 6.80. The molecule has 144 valence electrons. The Labute approximate surface area is 168 Å². The van der Waals surface area contributed by atoms with E-state index >= 15 is 0 Å². The highest BCUT2D eigenvalue weighted by molar-refractivity contribution is 6.04. The summed E-state index contributed by atoms with van der Waals surface area (Å²) in [5, 5.41) is 6.26. The predicted molar refractivity (Wildman–Crippen MR) is 113 cm³/mol. The lowest BCUT2D eigenvalue weighted by Crippen LogP contribution is -2.13. The first-order valence-electron chi connectivity index (χ1n) is 9.26. The number of pyridine rings is 2. The number of benzene rings is 1. The third kappa shape index (κ3) is 4.35. The van der Waals surface area contributed by atoms with Gasteiger partial charge in [-0.05, 0) is 55.3 Å². The molecule has 0 aliphatic rings. The number of nitrogens with zero attached hydrogens (tertiary/aromatic N) is 4. The van der Waals surface area contributed by atoms with Crippen LogP contribution >= 0.6 is 0 Å². The van der Waals surface area contributed by atoms with Crippen molar-refractivity contribution in [3.63, 3.8) is 0 Å². The van der Waals surface area contributed by atoms with E-state index in [9.17, 15) is 4.79 Å². The first-order chi connectivity index (χ1) is 14.1. The number of aromatic nitrogens is 4.